The Morgan fingerprint density at radius 3 is 2.53 bits per heavy atom. The standard InChI is InChI=1S/C10H10Cl3N3O3/c1-2-15-4(17)3-19-10(18)8-5(11)7(14)6(12)9(13)16-8/h2-3H2,1H3,(H2,14,16)(H,15,17). The highest BCUT2D eigenvalue weighted by atomic mass is 35.5. The molecule has 1 rings (SSSR count). The van der Waals surface area contributed by atoms with Gasteiger partial charge in [-0.05, 0) is 6.92 Å². The second-order valence-electron chi connectivity index (χ2n) is 3.32. The van der Waals surface area contributed by atoms with E-state index in [0.717, 1.165) is 0 Å². The summed E-state index contributed by atoms with van der Waals surface area (Å²) in [7, 11) is 0. The minimum atomic E-state index is -0.915. The van der Waals surface area contributed by atoms with E-state index in [9.17, 15) is 9.59 Å². The number of aromatic nitrogens is 1. The number of carbonyl (C=O) groups is 2. The van der Waals surface area contributed by atoms with Gasteiger partial charge in [0.25, 0.3) is 5.91 Å². The summed E-state index contributed by atoms with van der Waals surface area (Å²) >= 11 is 17.2. The molecule has 19 heavy (non-hydrogen) atoms. The van der Waals surface area contributed by atoms with Crippen LogP contribution in [-0.2, 0) is 9.53 Å². The van der Waals surface area contributed by atoms with Crippen LogP contribution >= 0.6 is 34.8 Å². The number of anilines is 1. The van der Waals surface area contributed by atoms with E-state index in [4.69, 9.17) is 45.3 Å². The molecule has 104 valence electrons. The first-order chi connectivity index (χ1) is 8.88. The van der Waals surface area contributed by atoms with E-state index < -0.39 is 18.5 Å². The molecule has 0 aliphatic rings. The molecule has 0 aromatic carbocycles. The second kappa shape index (κ2) is 6.79. The Labute approximate surface area is 124 Å². The summed E-state index contributed by atoms with van der Waals surface area (Å²) < 4.78 is 4.72. The third kappa shape index (κ3) is 3.86. The van der Waals surface area contributed by atoms with Gasteiger partial charge in [0.1, 0.15) is 5.02 Å². The van der Waals surface area contributed by atoms with Crippen LogP contribution in [0.5, 0.6) is 0 Å². The van der Waals surface area contributed by atoms with Gasteiger partial charge in [-0.25, -0.2) is 9.78 Å². The predicted octanol–water partition coefficient (Wildman–Crippen LogP) is 1.92. The van der Waals surface area contributed by atoms with Crippen molar-refractivity contribution < 1.29 is 14.3 Å². The van der Waals surface area contributed by atoms with Gasteiger partial charge in [0.2, 0.25) is 0 Å². The number of nitrogens with zero attached hydrogens (tertiary/aromatic N) is 1. The van der Waals surface area contributed by atoms with Crippen molar-refractivity contribution in [2.45, 2.75) is 6.92 Å². The number of pyridine rings is 1. The lowest BCUT2D eigenvalue weighted by atomic mass is 10.3. The minimum Gasteiger partial charge on any atom is -0.451 e. The molecule has 9 heteroatoms. The maximum Gasteiger partial charge on any atom is 0.359 e. The summed E-state index contributed by atoms with van der Waals surface area (Å²) in [5.41, 5.74) is 5.18. The van der Waals surface area contributed by atoms with Gasteiger partial charge >= 0.3 is 5.97 Å². The SMILES string of the molecule is CCNC(=O)COC(=O)c1nc(Cl)c(Cl)c(N)c1Cl. The molecule has 1 aromatic heterocycles. The Morgan fingerprint density at radius 1 is 1.32 bits per heavy atom. The monoisotopic (exact) mass is 325 g/mol. The van der Waals surface area contributed by atoms with E-state index in [1.807, 2.05) is 0 Å². The molecule has 0 saturated heterocycles. The van der Waals surface area contributed by atoms with Gasteiger partial charge in [-0.3, -0.25) is 4.79 Å². The predicted molar refractivity (Wildman–Crippen MR) is 72.6 cm³/mol. The average molecular weight is 327 g/mol. The van der Waals surface area contributed by atoms with E-state index in [-0.39, 0.29) is 26.6 Å². The molecule has 1 heterocycles. The molecule has 0 aliphatic carbocycles. The van der Waals surface area contributed by atoms with Crippen molar-refractivity contribution >= 4 is 52.4 Å². The second-order valence-corrected chi connectivity index (χ2v) is 4.44. The van der Waals surface area contributed by atoms with Crippen molar-refractivity contribution in [3.63, 3.8) is 0 Å². The highest BCUT2D eigenvalue weighted by molar-refractivity contribution is 6.46. The molecule has 0 spiro atoms. The van der Waals surface area contributed by atoms with Crippen LogP contribution in [0, 0.1) is 0 Å². The summed E-state index contributed by atoms with van der Waals surface area (Å²) in [6.45, 7) is 1.71. The summed E-state index contributed by atoms with van der Waals surface area (Å²) in [4.78, 5) is 26.5. The smallest absolute Gasteiger partial charge is 0.359 e. The molecule has 0 atom stereocenters. The third-order valence-electron chi connectivity index (χ3n) is 1.97. The number of nitrogens with two attached hydrogens (primary N) is 1. The Hall–Kier alpha value is -1.24. The first-order valence-electron chi connectivity index (χ1n) is 5.12. The Kier molecular flexibility index (Phi) is 5.65. The number of rotatable bonds is 4. The van der Waals surface area contributed by atoms with Gasteiger partial charge < -0.3 is 15.8 Å². The number of nitrogens with one attached hydrogen (secondary N) is 1. The lowest BCUT2D eigenvalue weighted by Crippen LogP contribution is -2.28. The van der Waals surface area contributed by atoms with Crippen LogP contribution in [0.15, 0.2) is 0 Å². The summed E-state index contributed by atoms with van der Waals surface area (Å²) in [6.07, 6.45) is 0. The fraction of sp³-hybridized carbons (Fsp3) is 0.300. The van der Waals surface area contributed by atoms with Crippen LogP contribution in [0.3, 0.4) is 0 Å². The van der Waals surface area contributed by atoms with Crippen molar-refractivity contribution in [2.24, 2.45) is 0 Å². The lowest BCUT2D eigenvalue weighted by molar-refractivity contribution is -0.124. The molecular weight excluding hydrogens is 316 g/mol. The van der Waals surface area contributed by atoms with Crippen molar-refractivity contribution in [3.8, 4) is 0 Å². The van der Waals surface area contributed by atoms with Crippen LogP contribution < -0.4 is 11.1 Å². The fourth-order valence-corrected chi connectivity index (χ4v) is 1.70. The molecule has 0 unspecified atom stereocenters. The largest absolute Gasteiger partial charge is 0.451 e. The van der Waals surface area contributed by atoms with Gasteiger partial charge in [-0.1, -0.05) is 34.8 Å². The van der Waals surface area contributed by atoms with Crippen LogP contribution in [0.25, 0.3) is 0 Å². The molecule has 0 fully saturated rings. The first-order valence-corrected chi connectivity index (χ1v) is 6.25. The van der Waals surface area contributed by atoms with Crippen molar-refractivity contribution in [3.05, 3.63) is 20.9 Å². The Morgan fingerprint density at radius 2 is 1.95 bits per heavy atom. The normalized spacial score (nSPS) is 10.1. The van der Waals surface area contributed by atoms with E-state index in [0.29, 0.717) is 6.54 Å². The molecular formula is C10H10Cl3N3O3. The zero-order valence-electron chi connectivity index (χ0n) is 9.80. The van der Waals surface area contributed by atoms with Gasteiger partial charge in [0.15, 0.2) is 17.5 Å². The van der Waals surface area contributed by atoms with Gasteiger partial charge in [0.05, 0.1) is 10.7 Å². The number of hydrogen-bond donors (Lipinski definition) is 2. The van der Waals surface area contributed by atoms with Gasteiger partial charge in [-0.15, -0.1) is 0 Å². The molecule has 0 radical (unpaired) electrons. The molecule has 0 bridgehead atoms. The van der Waals surface area contributed by atoms with Crippen molar-refractivity contribution in [1.29, 1.82) is 0 Å². The minimum absolute atomic E-state index is 0.0491. The number of hydrogen-bond acceptors (Lipinski definition) is 5. The molecule has 0 aliphatic heterocycles. The summed E-state index contributed by atoms with van der Waals surface area (Å²) in [5, 5.41) is 2.06. The number of likely N-dealkylation sites (N-methyl/N-ethyl adjacent to an activating group) is 1. The molecule has 1 aromatic rings. The number of esters is 1. The highest BCUT2D eigenvalue weighted by Gasteiger charge is 2.21. The molecule has 3 N–H and O–H groups in total. The number of nitrogen functional groups attached to an aromatic ring is 1. The summed E-state index contributed by atoms with van der Waals surface area (Å²) in [6, 6.07) is 0. The van der Waals surface area contributed by atoms with Crippen molar-refractivity contribution in [2.75, 3.05) is 18.9 Å². The molecule has 1 amide bonds. The quantitative estimate of drug-likeness (QED) is 0.651. The van der Waals surface area contributed by atoms with Crippen LogP contribution in [0.1, 0.15) is 17.4 Å². The van der Waals surface area contributed by atoms with Crippen LogP contribution in [0.4, 0.5) is 5.69 Å². The Bertz CT molecular complexity index is 522. The number of halogens is 3. The first kappa shape index (κ1) is 15.8. The molecule has 6 nitrogen and oxygen atoms in total. The van der Waals surface area contributed by atoms with E-state index in [2.05, 4.69) is 10.3 Å². The third-order valence-corrected chi connectivity index (χ3v) is 3.11. The number of carbonyl (C=O) groups excluding carboxylic acids is 2. The van der Waals surface area contributed by atoms with Gasteiger partial charge in [0, 0.05) is 6.54 Å². The van der Waals surface area contributed by atoms with E-state index >= 15 is 0 Å². The maximum atomic E-state index is 11.7. The van der Waals surface area contributed by atoms with Crippen LogP contribution in [0.2, 0.25) is 15.2 Å². The highest BCUT2D eigenvalue weighted by Crippen LogP contribution is 2.34. The summed E-state index contributed by atoms with van der Waals surface area (Å²) in [5.74, 6) is -1.36. The van der Waals surface area contributed by atoms with Crippen LogP contribution in [-0.4, -0.2) is 30.0 Å². The zero-order valence-corrected chi connectivity index (χ0v) is 12.1. The van der Waals surface area contributed by atoms with E-state index in [1.54, 1.807) is 6.92 Å². The number of ether oxygens (including phenoxy) is 1. The van der Waals surface area contributed by atoms with Gasteiger partial charge in [-0.2, -0.15) is 0 Å². The Balaban J connectivity index is 2.86. The number of amides is 1. The lowest BCUT2D eigenvalue weighted by Gasteiger charge is -2.09. The average Bonchev–Trinajstić information content (AvgIpc) is 2.38. The topological polar surface area (TPSA) is 94.3 Å². The van der Waals surface area contributed by atoms with E-state index in [1.165, 1.54) is 0 Å². The maximum absolute atomic E-state index is 11.7. The zero-order chi connectivity index (χ0) is 14.6. The fourth-order valence-electron chi connectivity index (χ4n) is 1.11. The molecule has 0 saturated carbocycles. The van der Waals surface area contributed by atoms with Crippen molar-refractivity contribution in [1.82, 2.24) is 10.3 Å².